The molecule has 4 aliphatic rings. The number of fused-ring (bicyclic) bond motifs is 4. The molecule has 2 saturated carbocycles. The van der Waals surface area contributed by atoms with Crippen LogP contribution in [0.1, 0.15) is 87.2 Å². The van der Waals surface area contributed by atoms with Crippen LogP contribution in [0.15, 0.2) is 96.9 Å². The van der Waals surface area contributed by atoms with Gasteiger partial charge >= 0.3 is 0 Å². The molecule has 2 aliphatic heterocycles. The fourth-order valence-electron chi connectivity index (χ4n) is 10.2. The normalized spacial score (nSPS) is 15.8. The molecule has 362 valence electrons. The molecule has 0 saturated heterocycles. The summed E-state index contributed by atoms with van der Waals surface area (Å²) in [5.41, 5.74) is 10.4. The SMILES string of the molecule is CCC(=O)N1CCn2c(C3CC3)nc(-c3c[nH]c4cc(-c5cnn(C)c5)ncc34)c2C1.CCC(=O)N1CCn2c(C3CC3)nc(-c3cn(S(=O)(=O)c4ccccc4)c4cc(-c5cnn(C)c5)ncc34)c2C1. The Morgan fingerprint density at radius 3 is 1.72 bits per heavy atom. The van der Waals surface area contributed by atoms with Crippen molar-refractivity contribution < 1.29 is 18.0 Å². The molecule has 18 nitrogen and oxygen atoms in total. The van der Waals surface area contributed by atoms with Gasteiger partial charge in [-0.1, -0.05) is 32.0 Å². The lowest BCUT2D eigenvalue weighted by Gasteiger charge is -2.29. The zero-order chi connectivity index (χ0) is 48.7. The van der Waals surface area contributed by atoms with Crippen molar-refractivity contribution >= 4 is 43.6 Å². The van der Waals surface area contributed by atoms with Gasteiger partial charge in [0, 0.05) is 141 Å². The van der Waals surface area contributed by atoms with Gasteiger partial charge in [-0.3, -0.25) is 28.9 Å². The maximum atomic E-state index is 14.0. The second-order valence-electron chi connectivity index (χ2n) is 19.1. The van der Waals surface area contributed by atoms with Crippen molar-refractivity contribution in [2.45, 2.75) is 95.3 Å². The molecular formula is C52H54N14O4S. The van der Waals surface area contributed by atoms with Crippen molar-refractivity contribution in [1.29, 1.82) is 0 Å². The lowest BCUT2D eigenvalue weighted by molar-refractivity contribution is -0.133. The molecule has 2 fully saturated rings. The Kier molecular flexibility index (Phi) is 10.9. The van der Waals surface area contributed by atoms with Crippen molar-refractivity contribution in [1.82, 2.24) is 67.4 Å². The molecule has 0 atom stereocenters. The van der Waals surface area contributed by atoms with Crippen LogP contribution in [0, 0.1) is 0 Å². The molecule has 2 amide bonds. The first-order valence-corrected chi connectivity index (χ1v) is 25.9. The summed E-state index contributed by atoms with van der Waals surface area (Å²) in [7, 11) is -0.193. The van der Waals surface area contributed by atoms with Crippen molar-refractivity contribution in [3.8, 4) is 45.0 Å². The number of carbonyl (C=O) groups is 2. The summed E-state index contributed by atoms with van der Waals surface area (Å²) < 4.78 is 37.4. The van der Waals surface area contributed by atoms with E-state index in [1.807, 2.05) is 68.7 Å². The maximum absolute atomic E-state index is 14.0. The van der Waals surface area contributed by atoms with Gasteiger partial charge in [-0.25, -0.2) is 22.4 Å². The first kappa shape index (κ1) is 44.5. The predicted molar refractivity (Wildman–Crippen MR) is 267 cm³/mol. The Morgan fingerprint density at radius 2 is 1.20 bits per heavy atom. The largest absolute Gasteiger partial charge is 0.360 e. The summed E-state index contributed by atoms with van der Waals surface area (Å²) in [4.78, 5) is 52.1. The summed E-state index contributed by atoms with van der Waals surface area (Å²) in [5, 5.41) is 10.2. The summed E-state index contributed by atoms with van der Waals surface area (Å²) in [6.45, 7) is 7.79. The van der Waals surface area contributed by atoms with E-state index >= 15 is 0 Å². The van der Waals surface area contributed by atoms with E-state index in [9.17, 15) is 18.0 Å². The van der Waals surface area contributed by atoms with Gasteiger partial charge in [-0.2, -0.15) is 10.2 Å². The number of carbonyl (C=O) groups excluding carboxylic acids is 2. The van der Waals surface area contributed by atoms with E-state index < -0.39 is 10.0 Å². The number of amides is 2. The minimum absolute atomic E-state index is 0.100. The van der Waals surface area contributed by atoms with Crippen molar-refractivity contribution in [2.24, 2.45) is 14.1 Å². The van der Waals surface area contributed by atoms with Crippen LogP contribution in [0.3, 0.4) is 0 Å². The monoisotopic (exact) mass is 970 g/mol. The number of imidazole rings is 2. The Labute approximate surface area is 410 Å². The zero-order valence-electron chi connectivity index (χ0n) is 40.2. The lowest BCUT2D eigenvalue weighted by atomic mass is 10.1. The van der Waals surface area contributed by atoms with Gasteiger partial charge < -0.3 is 23.9 Å². The van der Waals surface area contributed by atoms with Crippen LogP contribution >= 0.6 is 0 Å². The molecule has 0 unspecified atom stereocenters. The minimum Gasteiger partial charge on any atom is -0.360 e. The topological polar surface area (TPSA) is 193 Å². The number of hydrogen-bond acceptors (Lipinski definition) is 10. The summed E-state index contributed by atoms with van der Waals surface area (Å²) in [5.74, 6) is 3.47. The van der Waals surface area contributed by atoms with Crippen LogP contribution in [-0.4, -0.2) is 101 Å². The van der Waals surface area contributed by atoms with Crippen LogP contribution < -0.4 is 0 Å². The molecule has 19 heteroatoms. The third-order valence-corrected chi connectivity index (χ3v) is 16.0. The van der Waals surface area contributed by atoms with Gasteiger partial charge in [0.2, 0.25) is 11.8 Å². The predicted octanol–water partition coefficient (Wildman–Crippen LogP) is 7.62. The maximum Gasteiger partial charge on any atom is 0.268 e. The van der Waals surface area contributed by atoms with E-state index in [4.69, 9.17) is 19.9 Å². The summed E-state index contributed by atoms with van der Waals surface area (Å²) in [6, 6.07) is 12.3. The number of rotatable bonds is 10. The van der Waals surface area contributed by atoms with Gasteiger partial charge in [-0.05, 0) is 49.9 Å². The molecule has 1 N–H and O–H groups in total. The highest BCUT2D eigenvalue weighted by Crippen LogP contribution is 2.45. The Morgan fingerprint density at radius 1 is 0.662 bits per heavy atom. The molecule has 2 aliphatic carbocycles. The van der Waals surface area contributed by atoms with Gasteiger partial charge in [0.25, 0.3) is 10.0 Å². The molecular weight excluding hydrogens is 917 g/mol. The van der Waals surface area contributed by atoms with Gasteiger partial charge in [-0.15, -0.1) is 0 Å². The smallest absolute Gasteiger partial charge is 0.268 e. The molecule has 0 spiro atoms. The van der Waals surface area contributed by atoms with E-state index in [-0.39, 0.29) is 16.7 Å². The number of aromatic amines is 1. The Bertz CT molecular complexity index is 3660. The van der Waals surface area contributed by atoms with E-state index in [1.165, 1.54) is 22.6 Å². The molecule has 8 aromatic heterocycles. The highest BCUT2D eigenvalue weighted by atomic mass is 32.2. The molecule has 0 bridgehead atoms. The first-order valence-electron chi connectivity index (χ1n) is 24.5. The molecule has 13 rings (SSSR count). The van der Waals surface area contributed by atoms with Crippen LogP contribution in [0.2, 0.25) is 0 Å². The van der Waals surface area contributed by atoms with E-state index in [0.29, 0.717) is 73.0 Å². The molecule has 10 heterocycles. The lowest BCUT2D eigenvalue weighted by Crippen LogP contribution is -2.38. The first-order chi connectivity index (χ1) is 34.5. The molecule has 0 radical (unpaired) electrons. The third kappa shape index (κ3) is 7.91. The van der Waals surface area contributed by atoms with Gasteiger partial charge in [0.15, 0.2) is 0 Å². The standard InChI is InChI=1S/C29H29N7O3S.C23H25N7O/c1-3-27(37)34-11-12-35-26(18-34)28(32-29(35)19-9-10-19)23-17-36(40(38,39)21-7-5-4-6-8-21)25-13-24(30-15-22(23)25)20-14-31-33(2)16-20;1-3-21(31)29-6-7-30-20(13-29)22(27-23(30)14-4-5-14)17-11-25-19-8-18(24-10-16(17)19)15-9-26-28(2)12-15/h4-8,13-17,19H,3,9-12,18H2,1-2H3;8-12,14,25H,3-7,13H2,1-2H3. The summed E-state index contributed by atoms with van der Waals surface area (Å²) >= 11 is 0. The average Bonchev–Trinajstić information content (AvgIpc) is 4.05. The Balaban J connectivity index is 0.000000150. The highest BCUT2D eigenvalue weighted by molar-refractivity contribution is 7.90. The average molecular weight is 971 g/mol. The van der Waals surface area contributed by atoms with E-state index in [1.54, 1.807) is 64.4 Å². The second kappa shape index (κ2) is 17.3. The number of aromatic nitrogens is 12. The number of pyridine rings is 2. The van der Waals surface area contributed by atoms with E-state index in [0.717, 1.165) is 87.8 Å². The molecule has 71 heavy (non-hydrogen) atoms. The number of benzene rings is 1. The van der Waals surface area contributed by atoms with Crippen LogP contribution in [-0.2, 0) is 59.9 Å². The number of hydrogen-bond donors (Lipinski definition) is 1. The van der Waals surface area contributed by atoms with Gasteiger partial charge in [0.05, 0.1) is 70.1 Å². The fraction of sp³-hybridized carbons (Fsp3) is 0.346. The van der Waals surface area contributed by atoms with Crippen molar-refractivity contribution in [3.63, 3.8) is 0 Å². The number of H-pyrrole nitrogens is 1. The van der Waals surface area contributed by atoms with Crippen LogP contribution in [0.4, 0.5) is 0 Å². The van der Waals surface area contributed by atoms with Gasteiger partial charge in [0.1, 0.15) is 11.6 Å². The van der Waals surface area contributed by atoms with Crippen LogP contribution in [0.5, 0.6) is 0 Å². The number of nitrogens with one attached hydrogen (secondary N) is 1. The summed E-state index contributed by atoms with van der Waals surface area (Å²) in [6.07, 6.45) is 20.3. The molecule has 9 aromatic rings. The number of aryl methyl sites for hydroxylation is 2. The third-order valence-electron chi connectivity index (χ3n) is 14.3. The van der Waals surface area contributed by atoms with Crippen molar-refractivity contribution in [3.05, 3.63) is 115 Å². The zero-order valence-corrected chi connectivity index (χ0v) is 41.0. The quantitative estimate of drug-likeness (QED) is 0.143. The van der Waals surface area contributed by atoms with E-state index in [2.05, 4.69) is 30.4 Å². The Hall–Kier alpha value is -7.67. The highest BCUT2D eigenvalue weighted by Gasteiger charge is 2.37. The number of nitrogens with zero attached hydrogens (tertiary/aromatic N) is 13. The fourth-order valence-corrected chi connectivity index (χ4v) is 11.6. The molecule has 1 aromatic carbocycles. The van der Waals surface area contributed by atoms with Crippen LogP contribution in [0.25, 0.3) is 66.8 Å². The minimum atomic E-state index is -3.92. The van der Waals surface area contributed by atoms with Crippen molar-refractivity contribution in [2.75, 3.05) is 13.1 Å². The second-order valence-corrected chi connectivity index (χ2v) is 20.9.